The van der Waals surface area contributed by atoms with Gasteiger partial charge in [0.05, 0.1) is 31.1 Å². The summed E-state index contributed by atoms with van der Waals surface area (Å²) in [4.78, 5) is 13.9. The van der Waals surface area contributed by atoms with Crippen molar-refractivity contribution in [2.75, 3.05) is 37.4 Å². The van der Waals surface area contributed by atoms with E-state index in [0.29, 0.717) is 31.1 Å². The van der Waals surface area contributed by atoms with E-state index < -0.39 is 5.82 Å². The summed E-state index contributed by atoms with van der Waals surface area (Å²) in [6.07, 6.45) is 0. The zero-order valence-corrected chi connectivity index (χ0v) is 10.9. The van der Waals surface area contributed by atoms with Crippen LogP contribution in [0.1, 0.15) is 6.92 Å². The van der Waals surface area contributed by atoms with Crippen molar-refractivity contribution in [2.45, 2.75) is 13.0 Å². The molecule has 0 aromatic heterocycles. The highest BCUT2D eigenvalue weighted by molar-refractivity contribution is 5.95. The zero-order chi connectivity index (χ0) is 13.8. The quantitative estimate of drug-likeness (QED) is 0.804. The Morgan fingerprint density at radius 1 is 1.63 bits per heavy atom. The van der Waals surface area contributed by atoms with Crippen molar-refractivity contribution < 1.29 is 13.9 Å². The number of nitrogen functional groups attached to an aromatic ring is 1. The lowest BCUT2D eigenvalue weighted by Gasteiger charge is -2.32. The molecule has 0 bridgehead atoms. The number of benzene rings is 1. The zero-order valence-electron chi connectivity index (χ0n) is 10.9. The monoisotopic (exact) mass is 267 g/mol. The van der Waals surface area contributed by atoms with Gasteiger partial charge in [0.2, 0.25) is 5.91 Å². The highest BCUT2D eigenvalue weighted by Gasteiger charge is 2.21. The molecular weight excluding hydrogens is 249 g/mol. The summed E-state index contributed by atoms with van der Waals surface area (Å²) in [5, 5.41) is 2.63. The van der Waals surface area contributed by atoms with Gasteiger partial charge >= 0.3 is 0 Å². The van der Waals surface area contributed by atoms with Crippen LogP contribution in [0, 0.1) is 5.82 Å². The summed E-state index contributed by atoms with van der Waals surface area (Å²) in [6, 6.07) is 4.11. The molecule has 1 saturated heterocycles. The van der Waals surface area contributed by atoms with E-state index in [1.807, 2.05) is 11.8 Å². The molecule has 0 aliphatic carbocycles. The molecule has 0 radical (unpaired) electrons. The predicted molar refractivity (Wildman–Crippen MR) is 71.3 cm³/mol. The van der Waals surface area contributed by atoms with Crippen LogP contribution >= 0.6 is 0 Å². The SMILES string of the molecule is CC1COCCN1CC(=O)Nc1cc(F)ccc1N. The van der Waals surface area contributed by atoms with Gasteiger partial charge in [-0.25, -0.2) is 4.39 Å². The van der Waals surface area contributed by atoms with Crippen LogP contribution in [0.4, 0.5) is 15.8 Å². The normalized spacial score (nSPS) is 20.2. The maximum absolute atomic E-state index is 13.1. The number of morpholine rings is 1. The minimum Gasteiger partial charge on any atom is -0.397 e. The number of nitrogens with two attached hydrogens (primary N) is 1. The molecule has 1 aliphatic heterocycles. The fraction of sp³-hybridized carbons (Fsp3) is 0.462. The van der Waals surface area contributed by atoms with Gasteiger partial charge in [0, 0.05) is 12.6 Å². The van der Waals surface area contributed by atoms with E-state index in [1.54, 1.807) is 0 Å². The minimum atomic E-state index is -0.427. The van der Waals surface area contributed by atoms with Crippen LogP contribution in [0.2, 0.25) is 0 Å². The second-order valence-corrected chi connectivity index (χ2v) is 4.67. The second kappa shape index (κ2) is 5.99. The number of halogens is 1. The third-order valence-electron chi connectivity index (χ3n) is 3.14. The van der Waals surface area contributed by atoms with Gasteiger partial charge in [-0.2, -0.15) is 0 Å². The molecule has 1 aliphatic rings. The molecule has 1 fully saturated rings. The molecule has 1 aromatic carbocycles. The lowest BCUT2D eigenvalue weighted by Crippen LogP contribution is -2.47. The lowest BCUT2D eigenvalue weighted by molar-refractivity contribution is -0.119. The van der Waals surface area contributed by atoms with E-state index in [4.69, 9.17) is 10.5 Å². The number of hydrogen-bond acceptors (Lipinski definition) is 4. The van der Waals surface area contributed by atoms with Gasteiger partial charge in [-0.15, -0.1) is 0 Å². The summed E-state index contributed by atoms with van der Waals surface area (Å²) in [5.41, 5.74) is 6.35. The maximum Gasteiger partial charge on any atom is 0.238 e. The molecule has 1 amide bonds. The first-order valence-corrected chi connectivity index (χ1v) is 6.23. The standard InChI is InChI=1S/C13H18FN3O2/c1-9-8-19-5-4-17(9)7-13(18)16-12-6-10(14)2-3-11(12)15/h2-3,6,9H,4-5,7-8,15H2,1H3,(H,16,18). The van der Waals surface area contributed by atoms with E-state index in [1.165, 1.54) is 18.2 Å². The van der Waals surface area contributed by atoms with Crippen molar-refractivity contribution in [3.05, 3.63) is 24.0 Å². The number of anilines is 2. The van der Waals surface area contributed by atoms with Crippen molar-refractivity contribution in [1.29, 1.82) is 0 Å². The Balaban J connectivity index is 1.95. The fourth-order valence-corrected chi connectivity index (χ4v) is 2.01. The molecule has 104 valence electrons. The molecule has 0 spiro atoms. The van der Waals surface area contributed by atoms with Crippen LogP contribution in [0.15, 0.2) is 18.2 Å². The van der Waals surface area contributed by atoms with Crippen LogP contribution in [-0.4, -0.2) is 43.2 Å². The van der Waals surface area contributed by atoms with Crippen LogP contribution in [-0.2, 0) is 9.53 Å². The first kappa shape index (κ1) is 13.8. The Labute approximate surface area is 111 Å². The van der Waals surface area contributed by atoms with Gasteiger partial charge in [-0.1, -0.05) is 0 Å². The number of carbonyl (C=O) groups excluding carboxylic acids is 1. The number of ether oxygens (including phenoxy) is 1. The number of carbonyl (C=O) groups is 1. The maximum atomic E-state index is 13.1. The third kappa shape index (κ3) is 3.65. The van der Waals surface area contributed by atoms with E-state index in [0.717, 1.165) is 0 Å². The van der Waals surface area contributed by atoms with Crippen molar-refractivity contribution in [3.8, 4) is 0 Å². The Hall–Kier alpha value is -1.66. The topological polar surface area (TPSA) is 67.6 Å². The summed E-state index contributed by atoms with van der Waals surface area (Å²) < 4.78 is 18.4. The van der Waals surface area contributed by atoms with Gasteiger partial charge in [-0.05, 0) is 25.1 Å². The van der Waals surface area contributed by atoms with Crippen LogP contribution in [0.25, 0.3) is 0 Å². The number of rotatable bonds is 3. The van der Waals surface area contributed by atoms with E-state index >= 15 is 0 Å². The van der Waals surface area contributed by atoms with Gasteiger partial charge in [0.15, 0.2) is 0 Å². The Morgan fingerprint density at radius 2 is 2.42 bits per heavy atom. The summed E-state index contributed by atoms with van der Waals surface area (Å²) in [7, 11) is 0. The molecule has 5 nitrogen and oxygen atoms in total. The van der Waals surface area contributed by atoms with Crippen molar-refractivity contribution in [1.82, 2.24) is 4.90 Å². The summed E-state index contributed by atoms with van der Waals surface area (Å²) in [5.74, 6) is -0.629. The number of amides is 1. The minimum absolute atomic E-state index is 0.198. The van der Waals surface area contributed by atoms with Crippen LogP contribution in [0.3, 0.4) is 0 Å². The average Bonchev–Trinajstić information content (AvgIpc) is 2.37. The van der Waals surface area contributed by atoms with E-state index in [9.17, 15) is 9.18 Å². The molecule has 0 saturated carbocycles. The van der Waals surface area contributed by atoms with Crippen molar-refractivity contribution in [3.63, 3.8) is 0 Å². The lowest BCUT2D eigenvalue weighted by atomic mass is 10.2. The first-order chi connectivity index (χ1) is 9.06. The van der Waals surface area contributed by atoms with Crippen LogP contribution in [0.5, 0.6) is 0 Å². The van der Waals surface area contributed by atoms with Crippen LogP contribution < -0.4 is 11.1 Å². The molecule has 1 unspecified atom stereocenters. The molecule has 6 heteroatoms. The van der Waals surface area contributed by atoms with E-state index in [2.05, 4.69) is 5.32 Å². The van der Waals surface area contributed by atoms with Gasteiger partial charge in [0.25, 0.3) is 0 Å². The average molecular weight is 267 g/mol. The van der Waals surface area contributed by atoms with Crippen molar-refractivity contribution in [2.24, 2.45) is 0 Å². The number of nitrogens with zero attached hydrogens (tertiary/aromatic N) is 1. The molecule has 1 aromatic rings. The molecule has 2 rings (SSSR count). The predicted octanol–water partition coefficient (Wildman–Crippen LogP) is 1.07. The van der Waals surface area contributed by atoms with Gasteiger partial charge < -0.3 is 15.8 Å². The summed E-state index contributed by atoms with van der Waals surface area (Å²) >= 11 is 0. The first-order valence-electron chi connectivity index (χ1n) is 6.23. The number of nitrogens with one attached hydrogen (secondary N) is 1. The molecular formula is C13H18FN3O2. The van der Waals surface area contributed by atoms with Crippen molar-refractivity contribution >= 4 is 17.3 Å². The Kier molecular flexibility index (Phi) is 4.34. The molecule has 3 N–H and O–H groups in total. The number of hydrogen-bond donors (Lipinski definition) is 2. The summed E-state index contributed by atoms with van der Waals surface area (Å²) in [6.45, 7) is 4.21. The smallest absolute Gasteiger partial charge is 0.238 e. The van der Waals surface area contributed by atoms with E-state index in [-0.39, 0.29) is 18.5 Å². The Morgan fingerprint density at radius 3 is 3.16 bits per heavy atom. The fourth-order valence-electron chi connectivity index (χ4n) is 2.01. The molecule has 1 heterocycles. The highest BCUT2D eigenvalue weighted by Crippen LogP contribution is 2.19. The Bertz CT molecular complexity index is 467. The van der Waals surface area contributed by atoms with Gasteiger partial charge in [-0.3, -0.25) is 9.69 Å². The molecule has 19 heavy (non-hydrogen) atoms. The molecule has 1 atom stereocenters. The third-order valence-corrected chi connectivity index (χ3v) is 3.14. The highest BCUT2D eigenvalue weighted by atomic mass is 19.1. The van der Waals surface area contributed by atoms with Gasteiger partial charge in [0.1, 0.15) is 5.82 Å². The largest absolute Gasteiger partial charge is 0.397 e. The second-order valence-electron chi connectivity index (χ2n) is 4.67.